The van der Waals surface area contributed by atoms with Crippen molar-refractivity contribution in [2.45, 2.75) is 146 Å². The Balaban J connectivity index is -0.000000529. The maximum absolute atomic E-state index is 11.2. The third kappa shape index (κ3) is 36.5. The van der Waals surface area contributed by atoms with Crippen molar-refractivity contribution in [3.8, 4) is 0 Å². The van der Waals surface area contributed by atoms with Gasteiger partial charge in [-0.1, -0.05) is 67.2 Å². The van der Waals surface area contributed by atoms with E-state index < -0.39 is 0 Å². The molecule has 0 aliphatic heterocycles. The topological polar surface area (TPSA) is 71.1 Å². The van der Waals surface area contributed by atoms with Gasteiger partial charge in [0, 0.05) is 39.0 Å². The minimum atomic E-state index is -0.260. The maximum Gasteiger partial charge on any atom is 0.342 e. The van der Waals surface area contributed by atoms with Crippen LogP contribution >= 0.6 is 0 Å². The second kappa shape index (κ2) is 21.1. The second-order valence-corrected chi connectivity index (χ2v) is 11.4. The Morgan fingerprint density at radius 2 is 0.879 bits per heavy atom. The molecule has 0 aromatic rings. The molecule has 0 unspecified atom stereocenters. The van der Waals surface area contributed by atoms with Gasteiger partial charge >= 0.3 is 11.9 Å². The van der Waals surface area contributed by atoms with Crippen LogP contribution in [0.25, 0.3) is 0 Å². The minimum absolute atomic E-state index is 0. The Kier molecular flexibility index (Phi) is 23.8. The number of hydrogen-bond acceptors (Lipinski definition) is 6. The van der Waals surface area contributed by atoms with Crippen molar-refractivity contribution in [1.82, 2.24) is 0 Å². The van der Waals surface area contributed by atoms with Crippen LogP contribution in [0.1, 0.15) is 133 Å². The van der Waals surface area contributed by atoms with E-state index in [1.54, 1.807) is 0 Å². The predicted octanol–water partition coefficient (Wildman–Crippen LogP) is 7.73. The van der Waals surface area contributed by atoms with Crippen molar-refractivity contribution in [3.05, 3.63) is 0 Å². The molecule has 0 amide bonds. The number of carbonyl (C=O) groups is 2. The summed E-state index contributed by atoms with van der Waals surface area (Å²) in [6.07, 6.45) is 9.44. The van der Waals surface area contributed by atoms with E-state index in [1.165, 1.54) is 25.7 Å². The maximum atomic E-state index is 11.2. The van der Waals surface area contributed by atoms with E-state index >= 15 is 0 Å². The molecule has 7 heteroatoms. The summed E-state index contributed by atoms with van der Waals surface area (Å²) in [6, 6.07) is 0. The quantitative estimate of drug-likeness (QED) is 0.125. The average molecular weight is 552 g/mol. The SMILES string of the molecule is CC(C)OOC(=O)CCCCCC(C)(C)C.CC(C)OOC(=O)CCCCCC(C)(C)C.[Zr]. The molecule has 0 aromatic carbocycles. The van der Waals surface area contributed by atoms with Crippen LogP contribution < -0.4 is 0 Å². The number of carbonyl (C=O) groups excluding carboxylic acids is 2. The molecule has 0 aromatic heterocycles. The zero-order valence-electron chi connectivity index (χ0n) is 23.2. The van der Waals surface area contributed by atoms with Crippen LogP contribution in [0.2, 0.25) is 0 Å². The first-order chi connectivity index (χ1) is 14.6. The molecular formula is C26H52O6Zr. The van der Waals surface area contributed by atoms with Gasteiger partial charge in [0.15, 0.2) is 0 Å². The van der Waals surface area contributed by atoms with Crippen molar-refractivity contribution in [2.75, 3.05) is 0 Å². The van der Waals surface area contributed by atoms with Gasteiger partial charge in [-0.2, -0.15) is 9.78 Å². The van der Waals surface area contributed by atoms with Crippen LogP contribution in [0.15, 0.2) is 0 Å². The van der Waals surface area contributed by atoms with E-state index in [1.807, 2.05) is 27.7 Å². The van der Waals surface area contributed by atoms with Crippen molar-refractivity contribution < 1.29 is 55.3 Å². The Bertz CT molecular complexity index is 434. The summed E-state index contributed by atoms with van der Waals surface area (Å²) in [4.78, 5) is 41.1. The zero-order chi connectivity index (χ0) is 25.2. The summed E-state index contributed by atoms with van der Waals surface area (Å²) in [7, 11) is 0. The van der Waals surface area contributed by atoms with Gasteiger partial charge in [-0.25, -0.2) is 9.59 Å². The average Bonchev–Trinajstić information content (AvgIpc) is 2.62. The number of hydrogen-bond donors (Lipinski definition) is 0. The molecule has 0 saturated carbocycles. The standard InChI is InChI=1S/2C13H26O3.Zr/c2*1-11(2)15-16-12(14)9-7-6-8-10-13(3,4)5;/h2*11H,6-10H2,1-5H3;. The molecule has 0 spiro atoms. The smallest absolute Gasteiger partial charge is 0.298 e. The molecule has 196 valence electrons. The van der Waals surface area contributed by atoms with E-state index in [0.29, 0.717) is 23.7 Å². The summed E-state index contributed by atoms with van der Waals surface area (Å²) in [5.41, 5.74) is 0.780. The van der Waals surface area contributed by atoms with Gasteiger partial charge in [0.05, 0.1) is 12.2 Å². The molecule has 0 aliphatic rings. The molecule has 0 saturated heterocycles. The zero-order valence-corrected chi connectivity index (χ0v) is 25.6. The minimum Gasteiger partial charge on any atom is -0.298 e. The molecule has 0 rings (SSSR count). The molecule has 0 N–H and O–H groups in total. The molecule has 0 bridgehead atoms. The van der Waals surface area contributed by atoms with Gasteiger partial charge in [-0.15, -0.1) is 0 Å². The van der Waals surface area contributed by atoms with Gasteiger partial charge in [0.2, 0.25) is 0 Å². The van der Waals surface area contributed by atoms with E-state index in [0.717, 1.165) is 25.7 Å². The Morgan fingerprint density at radius 3 is 1.12 bits per heavy atom. The second-order valence-electron chi connectivity index (χ2n) is 11.4. The van der Waals surface area contributed by atoms with Crippen LogP contribution in [-0.4, -0.2) is 24.1 Å². The van der Waals surface area contributed by atoms with Crippen LogP contribution in [0.3, 0.4) is 0 Å². The van der Waals surface area contributed by atoms with E-state index in [4.69, 9.17) is 9.78 Å². The molecule has 6 nitrogen and oxygen atoms in total. The van der Waals surface area contributed by atoms with Crippen LogP contribution in [0.5, 0.6) is 0 Å². The van der Waals surface area contributed by atoms with Crippen molar-refractivity contribution in [2.24, 2.45) is 10.8 Å². The van der Waals surface area contributed by atoms with E-state index in [2.05, 4.69) is 51.3 Å². The van der Waals surface area contributed by atoms with Crippen molar-refractivity contribution in [1.29, 1.82) is 0 Å². The summed E-state index contributed by atoms with van der Waals surface area (Å²) < 4.78 is 0. The van der Waals surface area contributed by atoms with Gasteiger partial charge in [0.1, 0.15) is 0 Å². The molecule has 0 heterocycles. The summed E-state index contributed by atoms with van der Waals surface area (Å²) in [5.74, 6) is -0.520. The first-order valence-corrected chi connectivity index (χ1v) is 12.3. The largest absolute Gasteiger partial charge is 0.342 e. The van der Waals surface area contributed by atoms with Gasteiger partial charge in [-0.05, 0) is 64.2 Å². The van der Waals surface area contributed by atoms with E-state index in [9.17, 15) is 9.59 Å². The summed E-state index contributed by atoms with van der Waals surface area (Å²) >= 11 is 0. The molecule has 33 heavy (non-hydrogen) atoms. The van der Waals surface area contributed by atoms with E-state index in [-0.39, 0.29) is 50.3 Å². The number of rotatable bonds is 14. The first kappa shape index (κ1) is 37.3. The van der Waals surface area contributed by atoms with Gasteiger partial charge < -0.3 is 0 Å². The molecule has 0 fully saturated rings. The van der Waals surface area contributed by atoms with Crippen molar-refractivity contribution in [3.63, 3.8) is 0 Å². The first-order valence-electron chi connectivity index (χ1n) is 12.3. The van der Waals surface area contributed by atoms with Crippen LogP contribution in [0.4, 0.5) is 0 Å². The fourth-order valence-electron chi connectivity index (χ4n) is 2.59. The molecule has 0 radical (unpaired) electrons. The van der Waals surface area contributed by atoms with Gasteiger partial charge in [-0.3, -0.25) is 9.78 Å². The fraction of sp³-hybridized carbons (Fsp3) is 0.923. The Labute approximate surface area is 223 Å². The third-order valence-electron chi connectivity index (χ3n) is 4.28. The third-order valence-corrected chi connectivity index (χ3v) is 4.28. The Morgan fingerprint density at radius 1 is 0.576 bits per heavy atom. The summed E-state index contributed by atoms with van der Waals surface area (Å²) in [5, 5.41) is 0. The monoisotopic (exact) mass is 550 g/mol. The van der Waals surface area contributed by atoms with Gasteiger partial charge in [0.25, 0.3) is 0 Å². The number of unbranched alkanes of at least 4 members (excludes halogenated alkanes) is 4. The molecule has 0 atom stereocenters. The van der Waals surface area contributed by atoms with Crippen molar-refractivity contribution >= 4 is 11.9 Å². The molecule has 0 aliphatic carbocycles. The Hall–Kier alpha value is -0.257. The predicted molar refractivity (Wildman–Crippen MR) is 130 cm³/mol. The molecular weight excluding hydrogens is 500 g/mol. The fourth-order valence-corrected chi connectivity index (χ4v) is 2.59. The summed E-state index contributed by atoms with van der Waals surface area (Å²) in [6.45, 7) is 20.7. The van der Waals surface area contributed by atoms with Crippen LogP contribution in [0, 0.1) is 10.8 Å². The normalized spacial score (nSPS) is 11.5. The van der Waals surface area contributed by atoms with Crippen LogP contribution in [-0.2, 0) is 55.3 Å².